The van der Waals surface area contributed by atoms with E-state index in [0.717, 1.165) is 43.2 Å². The smallest absolute Gasteiger partial charge is 0.232 e. The van der Waals surface area contributed by atoms with Gasteiger partial charge in [0.2, 0.25) is 11.8 Å². The van der Waals surface area contributed by atoms with Crippen LogP contribution >= 0.6 is 27.7 Å². The second-order valence-electron chi connectivity index (χ2n) is 5.48. The Balaban J connectivity index is 1.92. The Kier molecular flexibility index (Phi) is 7.41. The van der Waals surface area contributed by atoms with Crippen molar-refractivity contribution in [3.8, 4) is 5.88 Å². The van der Waals surface area contributed by atoms with Crippen molar-refractivity contribution >= 4 is 39.6 Å². The highest BCUT2D eigenvalue weighted by Gasteiger charge is 2.22. The normalized spacial score (nSPS) is 17.0. The third kappa shape index (κ3) is 4.89. The quantitative estimate of drug-likeness (QED) is 0.578. The van der Waals surface area contributed by atoms with Gasteiger partial charge in [0.05, 0.1) is 17.8 Å². The summed E-state index contributed by atoms with van der Waals surface area (Å²) >= 11 is 5.23. The Labute approximate surface area is 156 Å². The Hall–Kier alpha value is -1.22. The van der Waals surface area contributed by atoms with Crippen LogP contribution in [0.25, 0.3) is 0 Å². The maximum atomic E-state index is 5.25. The lowest BCUT2D eigenvalue weighted by Gasteiger charge is -2.36. The van der Waals surface area contributed by atoms with E-state index in [9.17, 15) is 0 Å². The fourth-order valence-electron chi connectivity index (χ4n) is 2.41. The van der Waals surface area contributed by atoms with Gasteiger partial charge in [-0.25, -0.2) is 4.98 Å². The number of piperazine rings is 1. The molecular formula is C15H25BrN6OS. The average Bonchev–Trinajstić information content (AvgIpc) is 2.63. The number of halogens is 1. The van der Waals surface area contributed by atoms with Gasteiger partial charge in [-0.1, -0.05) is 6.92 Å². The summed E-state index contributed by atoms with van der Waals surface area (Å²) in [6, 6.07) is 0. The highest BCUT2D eigenvalue weighted by atomic mass is 79.9. The van der Waals surface area contributed by atoms with Crippen LogP contribution in [0.4, 0.5) is 5.95 Å². The minimum Gasteiger partial charge on any atom is -0.480 e. The largest absolute Gasteiger partial charge is 0.480 e. The molecule has 0 saturated carbocycles. The molecule has 0 spiro atoms. The number of hydrogen-bond donors (Lipinski definition) is 1. The maximum absolute atomic E-state index is 5.25. The van der Waals surface area contributed by atoms with E-state index >= 15 is 0 Å². The first kappa shape index (κ1) is 19.1. The summed E-state index contributed by atoms with van der Waals surface area (Å²) in [5.41, 5.74) is 0. The van der Waals surface area contributed by atoms with Crippen molar-refractivity contribution < 1.29 is 4.74 Å². The number of nitrogens with one attached hydrogen (secondary N) is 1. The van der Waals surface area contributed by atoms with Crippen molar-refractivity contribution in [2.45, 2.75) is 12.2 Å². The zero-order valence-electron chi connectivity index (χ0n) is 14.6. The summed E-state index contributed by atoms with van der Waals surface area (Å²) in [7, 11) is 3.45. The van der Waals surface area contributed by atoms with Crippen LogP contribution in [-0.4, -0.2) is 79.2 Å². The molecule has 134 valence electrons. The van der Waals surface area contributed by atoms with Gasteiger partial charge in [0.15, 0.2) is 5.96 Å². The third-order valence-electron chi connectivity index (χ3n) is 3.92. The first-order valence-corrected chi connectivity index (χ1v) is 9.97. The molecule has 1 N–H and O–H groups in total. The van der Waals surface area contributed by atoms with Crippen molar-refractivity contribution in [1.29, 1.82) is 0 Å². The van der Waals surface area contributed by atoms with E-state index < -0.39 is 0 Å². The Morgan fingerprint density at radius 1 is 1.46 bits per heavy atom. The monoisotopic (exact) mass is 416 g/mol. The molecule has 2 rings (SSSR count). The molecule has 0 bridgehead atoms. The number of nitrogens with zero attached hydrogens (tertiary/aromatic N) is 5. The van der Waals surface area contributed by atoms with Crippen LogP contribution in [0.3, 0.4) is 0 Å². The van der Waals surface area contributed by atoms with E-state index in [4.69, 9.17) is 4.74 Å². The van der Waals surface area contributed by atoms with E-state index in [2.05, 4.69) is 59.2 Å². The summed E-state index contributed by atoms with van der Waals surface area (Å²) in [6.07, 6.45) is 3.86. The Morgan fingerprint density at radius 2 is 2.17 bits per heavy atom. The lowest BCUT2D eigenvalue weighted by atomic mass is 10.3. The molecule has 1 aromatic rings. The van der Waals surface area contributed by atoms with Crippen LogP contribution in [0.1, 0.15) is 6.92 Å². The molecule has 1 aliphatic heterocycles. The van der Waals surface area contributed by atoms with Crippen molar-refractivity contribution in [3.63, 3.8) is 0 Å². The van der Waals surface area contributed by atoms with Crippen LogP contribution in [-0.2, 0) is 0 Å². The molecular weight excluding hydrogens is 392 g/mol. The number of aliphatic imine (C=N–C) groups is 1. The molecule has 9 heteroatoms. The van der Waals surface area contributed by atoms with Gasteiger partial charge in [-0.3, -0.25) is 4.99 Å². The molecule has 24 heavy (non-hydrogen) atoms. The number of guanidine groups is 1. The molecule has 1 aromatic heterocycles. The standard InChI is InChI=1S/C15H25BrN6OS/c1-11(24-4)9-18-14(17-2)21-5-7-22(8-6-21)15-19-10-12(16)13(20-15)23-3/h10-11H,5-9H2,1-4H3,(H,17,18). The number of aromatic nitrogens is 2. The SMILES string of the molecule is CN=C(NCC(C)SC)N1CCN(c2ncc(Br)c(OC)n2)CC1. The van der Waals surface area contributed by atoms with Crippen LogP contribution < -0.4 is 15.0 Å². The molecule has 0 aliphatic carbocycles. The lowest BCUT2D eigenvalue weighted by molar-refractivity contribution is 0.366. The molecule has 1 saturated heterocycles. The minimum atomic E-state index is 0.561. The maximum Gasteiger partial charge on any atom is 0.232 e. The fourth-order valence-corrected chi connectivity index (χ4v) is 3.01. The van der Waals surface area contributed by atoms with Gasteiger partial charge in [0.25, 0.3) is 0 Å². The second-order valence-corrected chi connectivity index (χ2v) is 7.61. The molecule has 2 heterocycles. The highest BCUT2D eigenvalue weighted by Crippen LogP contribution is 2.23. The summed E-state index contributed by atoms with van der Waals surface area (Å²) in [5, 5.41) is 4.01. The van der Waals surface area contributed by atoms with Crippen molar-refractivity contribution in [3.05, 3.63) is 10.7 Å². The summed E-state index contributed by atoms with van der Waals surface area (Å²) in [4.78, 5) is 17.7. The fraction of sp³-hybridized carbons (Fsp3) is 0.667. The summed E-state index contributed by atoms with van der Waals surface area (Å²) in [6.45, 7) is 6.60. The molecule has 1 fully saturated rings. The van der Waals surface area contributed by atoms with E-state index in [0.29, 0.717) is 17.1 Å². The number of hydrogen-bond acceptors (Lipinski definition) is 6. The van der Waals surface area contributed by atoms with Gasteiger partial charge in [0, 0.05) is 45.0 Å². The van der Waals surface area contributed by atoms with E-state index in [1.165, 1.54) is 0 Å². The van der Waals surface area contributed by atoms with Gasteiger partial charge in [-0.2, -0.15) is 16.7 Å². The molecule has 0 aromatic carbocycles. The van der Waals surface area contributed by atoms with Crippen molar-refractivity contribution in [2.24, 2.45) is 4.99 Å². The van der Waals surface area contributed by atoms with Crippen LogP contribution in [0.5, 0.6) is 5.88 Å². The molecule has 1 unspecified atom stereocenters. The minimum absolute atomic E-state index is 0.561. The molecule has 0 amide bonds. The summed E-state index contributed by atoms with van der Waals surface area (Å²) in [5.74, 6) is 2.23. The van der Waals surface area contributed by atoms with Crippen LogP contribution in [0, 0.1) is 0 Å². The summed E-state index contributed by atoms with van der Waals surface area (Å²) < 4.78 is 6.02. The van der Waals surface area contributed by atoms with E-state index in [-0.39, 0.29) is 0 Å². The Bertz CT molecular complexity index is 565. The highest BCUT2D eigenvalue weighted by molar-refractivity contribution is 9.10. The molecule has 7 nitrogen and oxygen atoms in total. The van der Waals surface area contributed by atoms with E-state index in [1.807, 2.05) is 18.8 Å². The Morgan fingerprint density at radius 3 is 2.75 bits per heavy atom. The number of anilines is 1. The van der Waals surface area contributed by atoms with Gasteiger partial charge in [0.1, 0.15) is 0 Å². The van der Waals surface area contributed by atoms with Crippen LogP contribution in [0.2, 0.25) is 0 Å². The number of methoxy groups -OCH3 is 1. The van der Waals surface area contributed by atoms with E-state index in [1.54, 1.807) is 13.3 Å². The van der Waals surface area contributed by atoms with Gasteiger partial charge < -0.3 is 19.9 Å². The van der Waals surface area contributed by atoms with Crippen LogP contribution in [0.15, 0.2) is 15.7 Å². The molecule has 0 radical (unpaired) electrons. The van der Waals surface area contributed by atoms with Gasteiger partial charge >= 0.3 is 0 Å². The molecule has 1 atom stereocenters. The van der Waals surface area contributed by atoms with Crippen molar-refractivity contribution in [2.75, 3.05) is 58.0 Å². The zero-order valence-corrected chi connectivity index (χ0v) is 17.0. The topological polar surface area (TPSA) is 65.9 Å². The molecule has 1 aliphatic rings. The lowest BCUT2D eigenvalue weighted by Crippen LogP contribution is -2.53. The average molecular weight is 417 g/mol. The first-order chi connectivity index (χ1) is 11.6. The predicted octanol–water partition coefficient (Wildman–Crippen LogP) is 1.70. The number of thioether (sulfide) groups is 1. The number of rotatable bonds is 5. The van der Waals surface area contributed by atoms with Gasteiger partial charge in [-0.15, -0.1) is 0 Å². The first-order valence-electron chi connectivity index (χ1n) is 7.89. The predicted molar refractivity (Wildman–Crippen MR) is 104 cm³/mol. The third-order valence-corrected chi connectivity index (χ3v) is 5.43. The van der Waals surface area contributed by atoms with Crippen molar-refractivity contribution in [1.82, 2.24) is 20.2 Å². The number of ether oxygens (including phenoxy) is 1. The second kappa shape index (κ2) is 9.31. The zero-order chi connectivity index (χ0) is 17.5. The van der Waals surface area contributed by atoms with Gasteiger partial charge in [-0.05, 0) is 22.2 Å².